The number of allylic oxidation sites excluding steroid dienone is 9. The summed E-state index contributed by atoms with van der Waals surface area (Å²) in [5, 5.41) is 1.53. The number of hydrogen-bond donors (Lipinski definition) is 0. The molecule has 2 atom stereocenters. The molecule has 26 heavy (non-hydrogen) atoms. The SMILES string of the molecule is C1=CCC2=CC3=C(P(c4ccccc4)CC=C3)[As](c3ccccc3)C2=C1. The molecular weight excluding hydrogens is 394 g/mol. The molecule has 0 saturated carbocycles. The Morgan fingerprint density at radius 3 is 2.42 bits per heavy atom. The van der Waals surface area contributed by atoms with Gasteiger partial charge in [-0.1, -0.05) is 0 Å². The summed E-state index contributed by atoms with van der Waals surface area (Å²) in [5.74, 6) is 0. The molecule has 126 valence electrons. The van der Waals surface area contributed by atoms with Crippen LogP contribution in [0.1, 0.15) is 6.42 Å². The van der Waals surface area contributed by atoms with E-state index in [-0.39, 0.29) is 7.92 Å². The van der Waals surface area contributed by atoms with E-state index < -0.39 is 14.7 Å². The van der Waals surface area contributed by atoms with Crippen molar-refractivity contribution in [1.29, 1.82) is 0 Å². The van der Waals surface area contributed by atoms with Gasteiger partial charge in [0.15, 0.2) is 0 Å². The zero-order valence-corrected chi connectivity index (χ0v) is 17.3. The van der Waals surface area contributed by atoms with Crippen LogP contribution >= 0.6 is 7.92 Å². The van der Waals surface area contributed by atoms with E-state index in [0.717, 1.165) is 6.42 Å². The van der Waals surface area contributed by atoms with Gasteiger partial charge in [-0.15, -0.1) is 0 Å². The molecule has 0 spiro atoms. The Kier molecular flexibility index (Phi) is 4.41. The van der Waals surface area contributed by atoms with E-state index in [1.54, 1.807) is 18.4 Å². The van der Waals surface area contributed by atoms with Gasteiger partial charge in [0.05, 0.1) is 0 Å². The van der Waals surface area contributed by atoms with Gasteiger partial charge in [-0.25, -0.2) is 0 Å². The summed E-state index contributed by atoms with van der Waals surface area (Å²) in [5.41, 5.74) is 3.06. The van der Waals surface area contributed by atoms with Crippen LogP contribution in [0.5, 0.6) is 0 Å². The average Bonchev–Trinajstić information content (AvgIpc) is 2.73. The first-order chi connectivity index (χ1) is 12.9. The van der Waals surface area contributed by atoms with Crippen LogP contribution in [0.4, 0.5) is 0 Å². The molecule has 0 radical (unpaired) electrons. The fourth-order valence-corrected chi connectivity index (χ4v) is 14.8. The Balaban J connectivity index is 1.72. The molecular formula is C24H20AsP. The van der Waals surface area contributed by atoms with Crippen molar-refractivity contribution in [1.82, 2.24) is 0 Å². The molecule has 0 saturated heterocycles. The van der Waals surface area contributed by atoms with Crippen molar-refractivity contribution in [2.45, 2.75) is 6.42 Å². The molecule has 2 heterocycles. The van der Waals surface area contributed by atoms with E-state index in [9.17, 15) is 0 Å². The molecule has 0 aromatic heterocycles. The first-order valence-electron chi connectivity index (χ1n) is 9.08. The van der Waals surface area contributed by atoms with Crippen molar-refractivity contribution in [3.05, 3.63) is 117 Å². The molecule has 0 nitrogen and oxygen atoms in total. The van der Waals surface area contributed by atoms with Crippen molar-refractivity contribution in [3.63, 3.8) is 0 Å². The maximum absolute atomic E-state index is 2.48. The van der Waals surface area contributed by atoms with E-state index in [0.29, 0.717) is 0 Å². The molecule has 1 aliphatic carbocycles. The molecule has 2 aromatic rings. The third kappa shape index (κ3) is 2.83. The monoisotopic (exact) mass is 414 g/mol. The summed E-state index contributed by atoms with van der Waals surface area (Å²) in [6.07, 6.45) is 16.5. The van der Waals surface area contributed by atoms with Crippen molar-refractivity contribution in [2.24, 2.45) is 0 Å². The van der Waals surface area contributed by atoms with Crippen LogP contribution < -0.4 is 9.66 Å². The summed E-state index contributed by atoms with van der Waals surface area (Å²) < 4.78 is 4.99. The third-order valence-corrected chi connectivity index (χ3v) is 14.9. The Bertz CT molecular complexity index is 977. The predicted molar refractivity (Wildman–Crippen MR) is 116 cm³/mol. The van der Waals surface area contributed by atoms with Crippen LogP contribution in [0.15, 0.2) is 117 Å². The molecule has 2 heteroatoms. The quantitative estimate of drug-likeness (QED) is 0.483. The summed E-state index contributed by atoms with van der Waals surface area (Å²) in [6.45, 7) is 0. The zero-order chi connectivity index (χ0) is 17.3. The van der Waals surface area contributed by atoms with Gasteiger partial charge in [-0.2, -0.15) is 0 Å². The molecule has 3 aliphatic rings. The van der Waals surface area contributed by atoms with Crippen molar-refractivity contribution in [3.8, 4) is 0 Å². The molecule has 5 rings (SSSR count). The van der Waals surface area contributed by atoms with E-state index >= 15 is 0 Å². The van der Waals surface area contributed by atoms with Gasteiger partial charge in [0, 0.05) is 0 Å². The zero-order valence-electron chi connectivity index (χ0n) is 14.5. The first-order valence-corrected chi connectivity index (χ1v) is 13.4. The number of benzene rings is 2. The second-order valence-electron chi connectivity index (χ2n) is 6.65. The summed E-state index contributed by atoms with van der Waals surface area (Å²) in [7, 11) is -0.271. The van der Waals surface area contributed by atoms with Gasteiger partial charge < -0.3 is 0 Å². The third-order valence-electron chi connectivity index (χ3n) is 5.02. The fraction of sp³-hybridized carbons (Fsp3) is 0.0833. The van der Waals surface area contributed by atoms with Gasteiger partial charge in [0.25, 0.3) is 0 Å². The molecule has 2 aliphatic heterocycles. The Morgan fingerprint density at radius 1 is 0.846 bits per heavy atom. The number of fused-ring (bicyclic) bond motifs is 1. The molecule has 0 fully saturated rings. The topological polar surface area (TPSA) is 0 Å². The Hall–Kier alpha value is -1.87. The molecule has 2 aromatic carbocycles. The van der Waals surface area contributed by atoms with Crippen molar-refractivity contribution < 1.29 is 0 Å². The molecule has 0 N–H and O–H groups in total. The van der Waals surface area contributed by atoms with Crippen LogP contribution in [0.3, 0.4) is 0 Å². The molecule has 0 amide bonds. The second kappa shape index (κ2) is 7.03. The summed E-state index contributed by atoms with van der Waals surface area (Å²) in [6, 6.07) is 22.5. The Labute approximate surface area is 161 Å². The normalized spacial score (nSPS) is 23.8. The minimum atomic E-state index is -1.48. The van der Waals surface area contributed by atoms with E-state index in [2.05, 4.69) is 97.1 Å². The van der Waals surface area contributed by atoms with Crippen LogP contribution in [0, 0.1) is 0 Å². The number of hydrogen-bond acceptors (Lipinski definition) is 0. The first kappa shape index (κ1) is 16.3. The van der Waals surface area contributed by atoms with Crippen LogP contribution in [-0.2, 0) is 0 Å². The Morgan fingerprint density at radius 2 is 1.62 bits per heavy atom. The minimum absolute atomic E-state index is 0.271. The number of rotatable bonds is 2. The summed E-state index contributed by atoms with van der Waals surface area (Å²) >= 11 is -1.48. The standard InChI is InChI=1S/C24H20AsP/c1-3-12-21(13-4-1)25-23-16-8-7-10-19(23)18-20-11-9-17-26(24(20)25)22-14-5-2-6-15-22/h1-9,11-16,18H,10,17H2. The van der Waals surface area contributed by atoms with Crippen LogP contribution in [-0.4, -0.2) is 20.8 Å². The van der Waals surface area contributed by atoms with Gasteiger partial charge >= 0.3 is 162 Å². The van der Waals surface area contributed by atoms with E-state index in [1.165, 1.54) is 17.0 Å². The predicted octanol–water partition coefficient (Wildman–Crippen LogP) is 4.92. The van der Waals surface area contributed by atoms with Gasteiger partial charge in [0.2, 0.25) is 0 Å². The van der Waals surface area contributed by atoms with Gasteiger partial charge in [-0.05, 0) is 0 Å². The van der Waals surface area contributed by atoms with E-state index in [4.69, 9.17) is 0 Å². The maximum atomic E-state index is 2.48. The molecule has 2 unspecified atom stereocenters. The average molecular weight is 414 g/mol. The summed E-state index contributed by atoms with van der Waals surface area (Å²) in [4.78, 5) is 0. The van der Waals surface area contributed by atoms with Crippen LogP contribution in [0.25, 0.3) is 0 Å². The van der Waals surface area contributed by atoms with E-state index in [1.807, 2.05) is 0 Å². The van der Waals surface area contributed by atoms with Crippen molar-refractivity contribution >= 4 is 32.2 Å². The van der Waals surface area contributed by atoms with Crippen LogP contribution in [0.2, 0.25) is 0 Å². The van der Waals surface area contributed by atoms with Gasteiger partial charge in [-0.3, -0.25) is 0 Å². The molecule has 0 bridgehead atoms. The van der Waals surface area contributed by atoms with Gasteiger partial charge in [0.1, 0.15) is 0 Å². The second-order valence-corrected chi connectivity index (χ2v) is 14.0. The van der Waals surface area contributed by atoms with Crippen molar-refractivity contribution in [2.75, 3.05) is 6.16 Å². The fourth-order valence-electron chi connectivity index (χ4n) is 3.86.